The zero-order valence-corrected chi connectivity index (χ0v) is 19.1. The van der Waals surface area contributed by atoms with Crippen LogP contribution in [0.3, 0.4) is 0 Å². The highest BCUT2D eigenvalue weighted by Crippen LogP contribution is 2.25. The molecular formula is C21H30IN3O3. The van der Waals surface area contributed by atoms with Gasteiger partial charge in [-0.3, -0.25) is 0 Å². The van der Waals surface area contributed by atoms with E-state index in [0.29, 0.717) is 12.4 Å². The topological polar surface area (TPSA) is 70.2 Å². The highest BCUT2D eigenvalue weighted by atomic mass is 127. The lowest BCUT2D eigenvalue weighted by Gasteiger charge is -2.36. The van der Waals surface area contributed by atoms with Gasteiger partial charge in [-0.25, -0.2) is 4.99 Å². The Bertz CT molecular complexity index is 762. The van der Waals surface area contributed by atoms with Gasteiger partial charge in [-0.05, 0) is 44.0 Å². The first-order chi connectivity index (χ1) is 13.0. The van der Waals surface area contributed by atoms with Gasteiger partial charge in [0.2, 0.25) is 0 Å². The zero-order chi connectivity index (χ0) is 19.3. The number of rotatable bonds is 5. The second-order valence-corrected chi connectivity index (χ2v) is 7.08. The molecule has 154 valence electrons. The van der Waals surface area contributed by atoms with Gasteiger partial charge in [-0.1, -0.05) is 24.3 Å². The van der Waals surface area contributed by atoms with E-state index in [-0.39, 0.29) is 36.6 Å². The van der Waals surface area contributed by atoms with Crippen molar-refractivity contribution in [2.75, 3.05) is 32.8 Å². The van der Waals surface area contributed by atoms with Gasteiger partial charge in [0.05, 0.1) is 26.0 Å². The van der Waals surface area contributed by atoms with E-state index in [0.717, 1.165) is 25.6 Å². The maximum Gasteiger partial charge on any atom is 0.194 e. The molecule has 2 atom stereocenters. The molecule has 2 heterocycles. The first-order valence-corrected chi connectivity index (χ1v) is 9.48. The molecule has 1 fully saturated rings. The molecule has 1 aromatic heterocycles. The number of hydrogen-bond donors (Lipinski definition) is 2. The van der Waals surface area contributed by atoms with Gasteiger partial charge in [0, 0.05) is 13.1 Å². The summed E-state index contributed by atoms with van der Waals surface area (Å²) in [6.45, 7) is 8.96. The fraction of sp³-hybridized carbons (Fsp3) is 0.476. The first kappa shape index (κ1) is 22.7. The quantitative estimate of drug-likeness (QED) is 0.375. The highest BCUT2D eigenvalue weighted by Gasteiger charge is 2.28. The van der Waals surface area contributed by atoms with Crippen molar-refractivity contribution in [3.05, 3.63) is 59.5 Å². The van der Waals surface area contributed by atoms with Crippen molar-refractivity contribution in [2.24, 2.45) is 4.99 Å². The molecule has 1 aromatic carbocycles. The molecule has 7 heteroatoms. The fourth-order valence-electron chi connectivity index (χ4n) is 3.30. The molecule has 0 radical (unpaired) electrons. The number of benzene rings is 1. The predicted molar refractivity (Wildman–Crippen MR) is 121 cm³/mol. The van der Waals surface area contributed by atoms with Gasteiger partial charge < -0.3 is 24.5 Å². The Morgan fingerprint density at radius 3 is 2.79 bits per heavy atom. The van der Waals surface area contributed by atoms with Crippen LogP contribution in [0.4, 0.5) is 0 Å². The number of guanidine groups is 1. The summed E-state index contributed by atoms with van der Waals surface area (Å²) in [6.07, 6.45) is 1.57. The number of hydrogen-bond acceptors (Lipinski definition) is 4. The maximum absolute atomic E-state index is 10.7. The Kier molecular flexibility index (Phi) is 8.33. The van der Waals surface area contributed by atoms with Crippen molar-refractivity contribution < 1.29 is 14.3 Å². The molecule has 28 heavy (non-hydrogen) atoms. The second-order valence-electron chi connectivity index (χ2n) is 7.08. The van der Waals surface area contributed by atoms with Crippen molar-refractivity contribution in [1.82, 2.24) is 10.2 Å². The Morgan fingerprint density at radius 1 is 1.32 bits per heavy atom. The van der Waals surface area contributed by atoms with Crippen LogP contribution in [0.15, 0.2) is 52.1 Å². The van der Waals surface area contributed by atoms with Crippen LogP contribution in [0.5, 0.6) is 0 Å². The number of aliphatic imine (C=N–C) groups is 1. The minimum atomic E-state index is -1.15. The van der Waals surface area contributed by atoms with E-state index >= 15 is 0 Å². The standard InChI is InChI=1S/C21H29N3O3.HI/c1-4-22-20(23-15-21(3,25)19-10-7-12-27-19)24-11-13-26-18(14-24)17-9-6-5-8-16(17)2;/h5-10,12,18,25H,4,11,13-15H2,1-3H3,(H,22,23);1H. The summed E-state index contributed by atoms with van der Waals surface area (Å²) in [6, 6.07) is 11.9. The monoisotopic (exact) mass is 499 g/mol. The van der Waals surface area contributed by atoms with E-state index in [1.165, 1.54) is 11.1 Å². The lowest BCUT2D eigenvalue weighted by atomic mass is 10.0. The van der Waals surface area contributed by atoms with Crippen LogP contribution in [0.25, 0.3) is 0 Å². The van der Waals surface area contributed by atoms with E-state index in [1.54, 1.807) is 25.3 Å². The average Bonchev–Trinajstić information content (AvgIpc) is 3.21. The number of furan rings is 1. The number of nitrogens with one attached hydrogen (secondary N) is 1. The summed E-state index contributed by atoms with van der Waals surface area (Å²) >= 11 is 0. The Balaban J connectivity index is 0.00000280. The smallest absolute Gasteiger partial charge is 0.194 e. The average molecular weight is 499 g/mol. The zero-order valence-electron chi connectivity index (χ0n) is 16.7. The third-order valence-electron chi connectivity index (χ3n) is 4.82. The number of nitrogens with zero attached hydrogens (tertiary/aromatic N) is 2. The van der Waals surface area contributed by atoms with Crippen LogP contribution in [0, 0.1) is 6.92 Å². The third-order valence-corrected chi connectivity index (χ3v) is 4.82. The van der Waals surface area contributed by atoms with Crippen molar-refractivity contribution >= 4 is 29.9 Å². The number of halogens is 1. The Labute approximate surface area is 184 Å². The normalized spacial score (nSPS) is 19.6. The van der Waals surface area contributed by atoms with Gasteiger partial charge in [0.15, 0.2) is 5.96 Å². The van der Waals surface area contributed by atoms with Gasteiger partial charge in [0.25, 0.3) is 0 Å². The molecule has 0 spiro atoms. The number of ether oxygens (including phenoxy) is 1. The Morgan fingerprint density at radius 2 is 2.11 bits per heavy atom. The summed E-state index contributed by atoms with van der Waals surface area (Å²) in [5.74, 6) is 1.30. The highest BCUT2D eigenvalue weighted by molar-refractivity contribution is 14.0. The predicted octanol–water partition coefficient (Wildman–Crippen LogP) is 3.45. The largest absolute Gasteiger partial charge is 0.466 e. The van der Waals surface area contributed by atoms with Crippen LogP contribution in [-0.4, -0.2) is 48.8 Å². The van der Waals surface area contributed by atoms with Gasteiger partial charge in [-0.2, -0.15) is 0 Å². The fourth-order valence-corrected chi connectivity index (χ4v) is 3.30. The van der Waals surface area contributed by atoms with E-state index in [1.807, 2.05) is 19.1 Å². The summed E-state index contributed by atoms with van der Waals surface area (Å²) in [7, 11) is 0. The molecule has 2 aromatic rings. The van der Waals surface area contributed by atoms with Crippen LogP contribution in [0.2, 0.25) is 0 Å². The van der Waals surface area contributed by atoms with Crippen molar-refractivity contribution in [3.63, 3.8) is 0 Å². The molecule has 3 rings (SSSR count). The molecular weight excluding hydrogens is 469 g/mol. The van der Waals surface area contributed by atoms with Crippen LogP contribution < -0.4 is 5.32 Å². The number of aliphatic hydroxyl groups is 1. The molecule has 0 saturated carbocycles. The summed E-state index contributed by atoms with van der Waals surface area (Å²) < 4.78 is 11.4. The SMILES string of the molecule is CCNC(=NCC(C)(O)c1ccco1)N1CCOC(c2ccccc2C)C1.I. The van der Waals surface area contributed by atoms with E-state index < -0.39 is 5.60 Å². The lowest BCUT2D eigenvalue weighted by Crippen LogP contribution is -2.48. The molecule has 0 amide bonds. The first-order valence-electron chi connectivity index (χ1n) is 9.48. The van der Waals surface area contributed by atoms with E-state index in [9.17, 15) is 5.11 Å². The number of morpholine rings is 1. The second kappa shape index (κ2) is 10.3. The molecule has 2 N–H and O–H groups in total. The lowest BCUT2D eigenvalue weighted by molar-refractivity contribution is -0.00872. The summed E-state index contributed by atoms with van der Waals surface area (Å²) in [5.41, 5.74) is 1.29. The summed E-state index contributed by atoms with van der Waals surface area (Å²) in [5, 5.41) is 14.0. The molecule has 1 aliphatic rings. The van der Waals surface area contributed by atoms with Gasteiger partial charge in [-0.15, -0.1) is 24.0 Å². The van der Waals surface area contributed by atoms with Crippen LogP contribution >= 0.6 is 24.0 Å². The van der Waals surface area contributed by atoms with E-state index in [4.69, 9.17) is 9.15 Å². The summed E-state index contributed by atoms with van der Waals surface area (Å²) in [4.78, 5) is 6.88. The van der Waals surface area contributed by atoms with Gasteiger partial charge >= 0.3 is 0 Å². The molecule has 1 saturated heterocycles. The number of aryl methyl sites for hydroxylation is 1. The van der Waals surface area contributed by atoms with Crippen molar-refractivity contribution in [2.45, 2.75) is 32.5 Å². The molecule has 0 bridgehead atoms. The molecule has 0 aliphatic carbocycles. The molecule has 6 nitrogen and oxygen atoms in total. The van der Waals surface area contributed by atoms with E-state index in [2.05, 4.69) is 34.3 Å². The van der Waals surface area contributed by atoms with Crippen LogP contribution in [0.1, 0.15) is 36.8 Å². The van der Waals surface area contributed by atoms with Crippen LogP contribution in [-0.2, 0) is 10.3 Å². The minimum absolute atomic E-state index is 0. The Hall–Kier alpha value is -1.58. The third kappa shape index (κ3) is 5.48. The van der Waals surface area contributed by atoms with Crippen molar-refractivity contribution in [3.8, 4) is 0 Å². The maximum atomic E-state index is 10.7. The minimum Gasteiger partial charge on any atom is -0.466 e. The molecule has 2 unspecified atom stereocenters. The van der Waals surface area contributed by atoms with Crippen molar-refractivity contribution in [1.29, 1.82) is 0 Å². The van der Waals surface area contributed by atoms with Gasteiger partial charge in [0.1, 0.15) is 17.5 Å². The molecule has 1 aliphatic heterocycles.